The molecule has 4 nitrogen and oxygen atoms in total. The second kappa shape index (κ2) is 10.0. The van der Waals surface area contributed by atoms with Gasteiger partial charge in [0.1, 0.15) is 5.75 Å². The SMILES string of the molecule is Cc1ccc(NC(=S)NC(=O)c2cccc(OCCc3ccccc3)c2)cc1Cl. The molecular formula is C23H21ClN2O2S. The zero-order chi connectivity index (χ0) is 20.6. The molecule has 3 aromatic rings. The predicted octanol–water partition coefficient (Wildman–Crippen LogP) is 5.40. The van der Waals surface area contributed by atoms with Gasteiger partial charge in [0.2, 0.25) is 0 Å². The Labute approximate surface area is 180 Å². The lowest BCUT2D eigenvalue weighted by molar-refractivity contribution is 0.0977. The molecule has 0 fully saturated rings. The van der Waals surface area contributed by atoms with E-state index in [1.54, 1.807) is 24.3 Å². The van der Waals surface area contributed by atoms with E-state index in [1.165, 1.54) is 5.56 Å². The highest BCUT2D eigenvalue weighted by Crippen LogP contribution is 2.20. The minimum atomic E-state index is -0.311. The number of carbonyl (C=O) groups is 1. The van der Waals surface area contributed by atoms with Gasteiger partial charge in [0, 0.05) is 22.7 Å². The fraction of sp³-hybridized carbons (Fsp3) is 0.130. The first-order valence-corrected chi connectivity index (χ1v) is 9.95. The zero-order valence-corrected chi connectivity index (χ0v) is 17.5. The van der Waals surface area contributed by atoms with E-state index in [1.807, 2.05) is 43.3 Å². The lowest BCUT2D eigenvalue weighted by atomic mass is 10.2. The van der Waals surface area contributed by atoms with Gasteiger partial charge in [-0.1, -0.05) is 54.1 Å². The van der Waals surface area contributed by atoms with Crippen LogP contribution in [0, 0.1) is 6.92 Å². The van der Waals surface area contributed by atoms with E-state index in [0.29, 0.717) is 28.6 Å². The Balaban J connectivity index is 1.54. The van der Waals surface area contributed by atoms with Gasteiger partial charge < -0.3 is 10.1 Å². The van der Waals surface area contributed by atoms with Crippen LogP contribution < -0.4 is 15.4 Å². The molecule has 0 aliphatic rings. The van der Waals surface area contributed by atoms with Crippen LogP contribution in [0.15, 0.2) is 72.8 Å². The van der Waals surface area contributed by atoms with E-state index in [2.05, 4.69) is 22.8 Å². The third-order valence-corrected chi connectivity index (χ3v) is 4.87. The fourth-order valence-corrected chi connectivity index (χ4v) is 3.06. The number of anilines is 1. The minimum Gasteiger partial charge on any atom is -0.493 e. The smallest absolute Gasteiger partial charge is 0.257 e. The first-order chi connectivity index (χ1) is 14.0. The average Bonchev–Trinajstić information content (AvgIpc) is 2.72. The van der Waals surface area contributed by atoms with Crippen molar-refractivity contribution in [2.75, 3.05) is 11.9 Å². The van der Waals surface area contributed by atoms with E-state index in [9.17, 15) is 4.79 Å². The van der Waals surface area contributed by atoms with Crippen molar-refractivity contribution in [3.63, 3.8) is 0 Å². The number of ether oxygens (including phenoxy) is 1. The summed E-state index contributed by atoms with van der Waals surface area (Å²) in [7, 11) is 0. The van der Waals surface area contributed by atoms with Crippen molar-refractivity contribution in [2.45, 2.75) is 13.3 Å². The van der Waals surface area contributed by atoms with Gasteiger partial charge in [-0.25, -0.2) is 0 Å². The maximum atomic E-state index is 12.5. The van der Waals surface area contributed by atoms with Crippen LogP contribution in [0.1, 0.15) is 21.5 Å². The molecule has 0 aliphatic heterocycles. The van der Waals surface area contributed by atoms with Crippen molar-refractivity contribution >= 4 is 40.5 Å². The number of carbonyl (C=O) groups excluding carboxylic acids is 1. The van der Waals surface area contributed by atoms with Gasteiger partial charge in [0.15, 0.2) is 5.11 Å². The minimum absolute atomic E-state index is 0.199. The Morgan fingerprint density at radius 3 is 2.59 bits per heavy atom. The highest BCUT2D eigenvalue weighted by atomic mass is 35.5. The third kappa shape index (κ3) is 6.31. The Bertz CT molecular complexity index is 1010. The van der Waals surface area contributed by atoms with Gasteiger partial charge in [-0.15, -0.1) is 0 Å². The normalized spacial score (nSPS) is 10.3. The Hall–Kier alpha value is -2.89. The molecule has 0 bridgehead atoms. The highest BCUT2D eigenvalue weighted by molar-refractivity contribution is 7.80. The van der Waals surface area contributed by atoms with Crippen molar-refractivity contribution in [1.82, 2.24) is 5.32 Å². The van der Waals surface area contributed by atoms with Gasteiger partial charge in [-0.05, 0) is 60.6 Å². The third-order valence-electron chi connectivity index (χ3n) is 4.26. The second-order valence-electron chi connectivity index (χ2n) is 6.48. The van der Waals surface area contributed by atoms with Crippen LogP contribution in [0.5, 0.6) is 5.75 Å². The molecule has 0 aliphatic carbocycles. The number of nitrogens with one attached hydrogen (secondary N) is 2. The van der Waals surface area contributed by atoms with E-state index in [4.69, 9.17) is 28.6 Å². The van der Waals surface area contributed by atoms with Crippen LogP contribution in [-0.2, 0) is 6.42 Å². The number of hydrogen-bond donors (Lipinski definition) is 2. The summed E-state index contributed by atoms with van der Waals surface area (Å²) in [6, 6.07) is 22.6. The number of halogens is 1. The molecule has 2 N–H and O–H groups in total. The van der Waals surface area contributed by atoms with Crippen LogP contribution in [0.4, 0.5) is 5.69 Å². The monoisotopic (exact) mass is 424 g/mol. The fourth-order valence-electron chi connectivity index (χ4n) is 2.67. The van der Waals surface area contributed by atoms with Crippen LogP contribution in [0.3, 0.4) is 0 Å². The lowest BCUT2D eigenvalue weighted by Gasteiger charge is -2.11. The summed E-state index contributed by atoms with van der Waals surface area (Å²) < 4.78 is 5.78. The summed E-state index contributed by atoms with van der Waals surface area (Å²) in [5, 5.41) is 6.46. The average molecular weight is 425 g/mol. The summed E-state index contributed by atoms with van der Waals surface area (Å²) in [4.78, 5) is 12.5. The molecular weight excluding hydrogens is 404 g/mol. The van der Waals surface area contributed by atoms with Gasteiger partial charge >= 0.3 is 0 Å². The summed E-state index contributed by atoms with van der Waals surface area (Å²) >= 11 is 11.3. The van der Waals surface area contributed by atoms with Gasteiger partial charge in [-0.3, -0.25) is 10.1 Å². The van der Waals surface area contributed by atoms with E-state index in [-0.39, 0.29) is 11.0 Å². The first kappa shape index (κ1) is 20.8. The molecule has 0 saturated carbocycles. The van der Waals surface area contributed by atoms with Gasteiger partial charge in [0.05, 0.1) is 6.61 Å². The molecule has 0 unspecified atom stereocenters. The molecule has 29 heavy (non-hydrogen) atoms. The molecule has 3 aromatic carbocycles. The molecule has 0 saturated heterocycles. The quantitative estimate of drug-likeness (QED) is 0.520. The highest BCUT2D eigenvalue weighted by Gasteiger charge is 2.10. The summed E-state index contributed by atoms with van der Waals surface area (Å²) in [5.41, 5.74) is 3.35. The topological polar surface area (TPSA) is 50.4 Å². The van der Waals surface area contributed by atoms with Crippen molar-refractivity contribution in [2.24, 2.45) is 0 Å². The number of amides is 1. The molecule has 0 radical (unpaired) electrons. The maximum absolute atomic E-state index is 12.5. The lowest BCUT2D eigenvalue weighted by Crippen LogP contribution is -2.34. The molecule has 1 amide bonds. The van der Waals surface area contributed by atoms with Crippen LogP contribution in [0.2, 0.25) is 5.02 Å². The van der Waals surface area contributed by atoms with E-state index < -0.39 is 0 Å². The first-order valence-electron chi connectivity index (χ1n) is 9.16. The van der Waals surface area contributed by atoms with Crippen molar-refractivity contribution in [3.8, 4) is 5.75 Å². The number of rotatable bonds is 6. The zero-order valence-electron chi connectivity index (χ0n) is 15.9. The number of thiocarbonyl (C=S) groups is 1. The van der Waals surface area contributed by atoms with Crippen LogP contribution in [-0.4, -0.2) is 17.6 Å². The van der Waals surface area contributed by atoms with Crippen molar-refractivity contribution in [3.05, 3.63) is 94.5 Å². The number of benzene rings is 3. The molecule has 3 rings (SSSR count). The van der Waals surface area contributed by atoms with Crippen molar-refractivity contribution < 1.29 is 9.53 Å². The largest absolute Gasteiger partial charge is 0.493 e. The van der Waals surface area contributed by atoms with Gasteiger partial charge in [-0.2, -0.15) is 0 Å². The molecule has 0 atom stereocenters. The molecule has 0 aromatic heterocycles. The molecule has 6 heteroatoms. The second-order valence-corrected chi connectivity index (χ2v) is 7.30. The number of aryl methyl sites for hydroxylation is 1. The maximum Gasteiger partial charge on any atom is 0.257 e. The van der Waals surface area contributed by atoms with Gasteiger partial charge in [0.25, 0.3) is 5.91 Å². The molecule has 0 heterocycles. The number of hydrogen-bond acceptors (Lipinski definition) is 3. The molecule has 0 spiro atoms. The Kier molecular flexibility index (Phi) is 7.22. The summed E-state index contributed by atoms with van der Waals surface area (Å²) in [5.74, 6) is 0.326. The predicted molar refractivity (Wildman–Crippen MR) is 122 cm³/mol. The van der Waals surface area contributed by atoms with Crippen LogP contribution >= 0.6 is 23.8 Å². The Morgan fingerprint density at radius 2 is 1.83 bits per heavy atom. The molecule has 148 valence electrons. The Morgan fingerprint density at radius 1 is 1.03 bits per heavy atom. The summed E-state index contributed by atoms with van der Waals surface area (Å²) in [6.07, 6.45) is 0.796. The van der Waals surface area contributed by atoms with E-state index in [0.717, 1.165) is 12.0 Å². The van der Waals surface area contributed by atoms with Crippen molar-refractivity contribution in [1.29, 1.82) is 0 Å². The summed E-state index contributed by atoms with van der Waals surface area (Å²) in [6.45, 7) is 2.45. The standard InChI is InChI=1S/C23H21ClN2O2S/c1-16-10-11-19(15-21(16)24)25-23(29)26-22(27)18-8-5-9-20(14-18)28-13-12-17-6-3-2-4-7-17/h2-11,14-15H,12-13H2,1H3,(H2,25,26,27,29). The van der Waals surface area contributed by atoms with Crippen LogP contribution in [0.25, 0.3) is 0 Å². The van der Waals surface area contributed by atoms with E-state index >= 15 is 0 Å².